The molecule has 1 saturated carbocycles. The van der Waals surface area contributed by atoms with Gasteiger partial charge in [0.15, 0.2) is 9.84 Å². The Labute approximate surface area is 236 Å². The Morgan fingerprint density at radius 1 is 1.02 bits per heavy atom. The highest BCUT2D eigenvalue weighted by atomic mass is 32.2. The number of aliphatic hydroxyl groups is 1. The lowest BCUT2D eigenvalue weighted by Crippen LogP contribution is -2.53. The van der Waals surface area contributed by atoms with E-state index >= 15 is 0 Å². The van der Waals surface area contributed by atoms with Gasteiger partial charge in [-0.1, -0.05) is 18.2 Å². The van der Waals surface area contributed by atoms with Gasteiger partial charge in [-0.05, 0) is 48.2 Å². The number of benzene rings is 2. The smallest absolute Gasteiger partial charge is 0.384 e. The number of rotatable bonds is 9. The van der Waals surface area contributed by atoms with E-state index in [1.807, 2.05) is 0 Å². The fourth-order valence-corrected chi connectivity index (χ4v) is 6.00. The largest absolute Gasteiger partial charge is 0.430 e. The zero-order chi connectivity index (χ0) is 31.3. The van der Waals surface area contributed by atoms with Gasteiger partial charge in [0.05, 0.1) is 17.3 Å². The van der Waals surface area contributed by atoms with Gasteiger partial charge >= 0.3 is 12.4 Å². The second-order valence-corrected chi connectivity index (χ2v) is 12.1. The van der Waals surface area contributed by atoms with Crippen LogP contribution in [-0.4, -0.2) is 74.8 Å². The Bertz CT molecular complexity index is 1460. The maximum atomic E-state index is 13.5. The normalized spacial score (nSPS) is 18.5. The zero-order valence-corrected chi connectivity index (χ0v) is 23.0. The summed E-state index contributed by atoms with van der Waals surface area (Å²) in [4.78, 5) is 28.0. The molecule has 2 aromatic rings. The first kappa shape index (κ1) is 31.7. The molecule has 2 N–H and O–H groups in total. The lowest BCUT2D eigenvalue weighted by atomic mass is 9.92. The van der Waals surface area contributed by atoms with E-state index in [-0.39, 0.29) is 35.1 Å². The van der Waals surface area contributed by atoms with Gasteiger partial charge in [0.1, 0.15) is 11.6 Å². The number of sulfone groups is 1. The van der Waals surface area contributed by atoms with E-state index in [2.05, 4.69) is 5.32 Å². The second kappa shape index (κ2) is 10.8. The third kappa shape index (κ3) is 5.47. The van der Waals surface area contributed by atoms with Crippen LogP contribution in [-0.2, 0) is 41.0 Å². The molecule has 1 atom stereocenters. The first-order chi connectivity index (χ1) is 19.4. The van der Waals surface area contributed by atoms with Crippen LogP contribution in [0.5, 0.6) is 0 Å². The van der Waals surface area contributed by atoms with Crippen LogP contribution >= 0.6 is 0 Å². The van der Waals surface area contributed by atoms with Crippen LogP contribution in [0.25, 0.3) is 0 Å². The van der Waals surface area contributed by atoms with Crippen LogP contribution < -0.4 is 5.32 Å². The highest BCUT2D eigenvalue weighted by Gasteiger charge is 2.71. The van der Waals surface area contributed by atoms with Crippen molar-refractivity contribution in [1.82, 2.24) is 4.90 Å². The van der Waals surface area contributed by atoms with Gasteiger partial charge in [0.2, 0.25) is 0 Å². The average Bonchev–Trinajstić information content (AvgIpc) is 3.62. The predicted octanol–water partition coefficient (Wildman–Crippen LogP) is 3.62. The van der Waals surface area contributed by atoms with Gasteiger partial charge in [-0.2, -0.15) is 26.3 Å². The van der Waals surface area contributed by atoms with Crippen LogP contribution in [0, 0.1) is 0 Å². The SMILES string of the molecule is COCCS(=O)(=O)c1ccc2c(c1)CN(C(=O)C1(OC)CC1)C2C(=O)Nc1ccc(C(O)(C(F)(F)F)C(F)(F)F)cc1. The molecule has 0 radical (unpaired) electrons. The topological polar surface area (TPSA) is 122 Å². The van der Waals surface area contributed by atoms with Gasteiger partial charge in [-0.15, -0.1) is 0 Å². The molecule has 1 fully saturated rings. The Morgan fingerprint density at radius 3 is 2.12 bits per heavy atom. The molecule has 16 heteroatoms. The molecule has 2 amide bonds. The molecule has 1 unspecified atom stereocenters. The van der Waals surface area contributed by atoms with Crippen molar-refractivity contribution >= 4 is 27.3 Å². The fourth-order valence-electron chi connectivity index (χ4n) is 4.78. The number of alkyl halides is 6. The van der Waals surface area contributed by atoms with Gasteiger partial charge in [0, 0.05) is 32.0 Å². The number of carbonyl (C=O) groups excluding carboxylic acids is 2. The number of amides is 2. The molecular formula is C26H26F6N2O7S. The Balaban J connectivity index is 1.66. The number of methoxy groups -OCH3 is 2. The number of ether oxygens (including phenoxy) is 2. The summed E-state index contributed by atoms with van der Waals surface area (Å²) in [7, 11) is -1.09. The number of carbonyl (C=O) groups is 2. The number of nitrogens with one attached hydrogen (secondary N) is 1. The molecule has 0 aromatic heterocycles. The van der Waals surface area contributed by atoms with Crippen molar-refractivity contribution in [3.63, 3.8) is 0 Å². The van der Waals surface area contributed by atoms with Crippen LogP contribution in [0.3, 0.4) is 0 Å². The maximum Gasteiger partial charge on any atom is 0.430 e. The van der Waals surface area contributed by atoms with Gasteiger partial charge in [-0.25, -0.2) is 8.42 Å². The minimum atomic E-state index is -6.08. The molecule has 1 aliphatic carbocycles. The molecule has 0 saturated heterocycles. The number of halogens is 6. The van der Waals surface area contributed by atoms with Crippen molar-refractivity contribution in [2.75, 3.05) is 31.9 Å². The van der Waals surface area contributed by atoms with Crippen molar-refractivity contribution in [3.8, 4) is 0 Å². The molecule has 0 bridgehead atoms. The zero-order valence-electron chi connectivity index (χ0n) is 22.2. The summed E-state index contributed by atoms with van der Waals surface area (Å²) in [6.07, 6.45) is -11.4. The summed E-state index contributed by atoms with van der Waals surface area (Å²) in [5.74, 6) is -1.71. The summed E-state index contributed by atoms with van der Waals surface area (Å²) in [6.45, 7) is -0.221. The lowest BCUT2D eigenvalue weighted by Gasteiger charge is -2.32. The Morgan fingerprint density at radius 2 is 1.62 bits per heavy atom. The van der Waals surface area contributed by atoms with Crippen LogP contribution in [0.4, 0.5) is 32.0 Å². The summed E-state index contributed by atoms with van der Waals surface area (Å²) >= 11 is 0. The maximum absolute atomic E-state index is 13.5. The Hall–Kier alpha value is -3.21. The van der Waals surface area contributed by atoms with E-state index < -0.39 is 56.8 Å². The van der Waals surface area contributed by atoms with Crippen molar-refractivity contribution in [3.05, 3.63) is 59.2 Å². The summed E-state index contributed by atoms with van der Waals surface area (Å²) < 4.78 is 115. The van der Waals surface area contributed by atoms with Crippen molar-refractivity contribution in [1.29, 1.82) is 0 Å². The number of fused-ring (bicyclic) bond motifs is 1. The van der Waals surface area contributed by atoms with Crippen molar-refractivity contribution in [2.45, 2.75) is 53.9 Å². The van der Waals surface area contributed by atoms with Gasteiger partial charge < -0.3 is 24.8 Å². The van der Waals surface area contributed by atoms with E-state index in [0.717, 1.165) is 12.1 Å². The molecule has 1 aliphatic heterocycles. The number of nitrogens with zero attached hydrogens (tertiary/aromatic N) is 1. The van der Waals surface area contributed by atoms with E-state index in [4.69, 9.17) is 9.47 Å². The van der Waals surface area contributed by atoms with E-state index in [0.29, 0.717) is 30.5 Å². The molecule has 2 aromatic carbocycles. The highest BCUT2D eigenvalue weighted by Crippen LogP contribution is 2.50. The molecular weight excluding hydrogens is 598 g/mol. The van der Waals surface area contributed by atoms with Gasteiger partial charge in [0.25, 0.3) is 17.4 Å². The summed E-state index contributed by atoms with van der Waals surface area (Å²) in [5, 5.41) is 12.0. The molecule has 9 nitrogen and oxygen atoms in total. The lowest BCUT2D eigenvalue weighted by molar-refractivity contribution is -0.376. The van der Waals surface area contributed by atoms with E-state index in [9.17, 15) is 49.5 Å². The fraction of sp³-hybridized carbons (Fsp3) is 0.462. The van der Waals surface area contributed by atoms with Gasteiger partial charge in [-0.3, -0.25) is 9.59 Å². The minimum absolute atomic E-state index is 0.0583. The first-order valence-electron chi connectivity index (χ1n) is 12.4. The quantitative estimate of drug-likeness (QED) is 0.409. The third-order valence-corrected chi connectivity index (χ3v) is 9.04. The Kier molecular flexibility index (Phi) is 8.16. The molecule has 230 valence electrons. The number of hydrogen-bond donors (Lipinski definition) is 2. The van der Waals surface area contributed by atoms with Crippen molar-refractivity contribution < 1.29 is 58.9 Å². The molecule has 4 rings (SSSR count). The monoisotopic (exact) mass is 624 g/mol. The number of hydrogen-bond acceptors (Lipinski definition) is 7. The molecule has 42 heavy (non-hydrogen) atoms. The minimum Gasteiger partial charge on any atom is -0.384 e. The molecule has 2 aliphatic rings. The summed E-state index contributed by atoms with van der Waals surface area (Å²) in [6, 6.07) is 4.91. The highest BCUT2D eigenvalue weighted by molar-refractivity contribution is 7.91. The third-order valence-electron chi connectivity index (χ3n) is 7.36. The van der Waals surface area contributed by atoms with Crippen LogP contribution in [0.2, 0.25) is 0 Å². The van der Waals surface area contributed by atoms with E-state index in [1.165, 1.54) is 37.3 Å². The molecule has 0 spiro atoms. The van der Waals surface area contributed by atoms with Crippen molar-refractivity contribution in [2.24, 2.45) is 0 Å². The standard InChI is InChI=1S/C26H26F6N2O7S/c1-40-11-12-42(38,39)18-7-8-19-15(13-18)14-34(22(36)23(41-2)9-10-23)20(19)21(35)33-17-5-3-16(4-6-17)24(37,25(27,28)29)26(30,31)32/h3-8,13,20,37H,9-12,14H2,1-2H3,(H,33,35). The predicted molar refractivity (Wildman–Crippen MR) is 134 cm³/mol. The summed E-state index contributed by atoms with van der Waals surface area (Å²) in [5.41, 5.74) is -7.42. The average molecular weight is 625 g/mol. The second-order valence-electron chi connectivity index (χ2n) is 9.98. The first-order valence-corrected chi connectivity index (χ1v) is 14.0. The van der Waals surface area contributed by atoms with E-state index in [1.54, 1.807) is 0 Å². The molecule has 1 heterocycles. The number of anilines is 1. The van der Waals surface area contributed by atoms with Crippen LogP contribution in [0.15, 0.2) is 47.4 Å². The van der Waals surface area contributed by atoms with Crippen LogP contribution in [0.1, 0.15) is 35.6 Å².